The Balaban J connectivity index is 1.48. The Bertz CT molecular complexity index is 808. The van der Waals surface area contributed by atoms with Crippen LogP contribution in [0.15, 0.2) is 30.5 Å². The van der Waals surface area contributed by atoms with Gasteiger partial charge in [-0.05, 0) is 57.0 Å². The van der Waals surface area contributed by atoms with Crippen LogP contribution in [-0.4, -0.2) is 57.5 Å². The van der Waals surface area contributed by atoms with E-state index in [4.69, 9.17) is 4.74 Å². The average molecular weight is 390 g/mol. The normalized spacial score (nSPS) is 20.6. The molecular weight excluding hydrogens is 363 g/mol. The molecule has 2 aromatic rings. The van der Waals surface area contributed by atoms with Crippen LogP contribution in [-0.2, 0) is 11.8 Å². The first kappa shape index (κ1) is 20.3. The molecule has 0 aliphatic carbocycles. The standard InChI is InChI=1S/C20H27FN4O3/c1-15-18(12-22-24(15)2)23-19(26)13-25-10-3-8-20(27,9-11-25)14-28-17-6-4-16(21)5-7-17/h4-7,12,27H,3,8-11,13-14H2,1-2H3,(H,23,26). The third-order valence-corrected chi connectivity index (χ3v) is 5.21. The number of halogens is 1. The van der Waals surface area contributed by atoms with Crippen LogP contribution < -0.4 is 10.1 Å². The summed E-state index contributed by atoms with van der Waals surface area (Å²) < 4.78 is 20.3. The SMILES string of the molecule is Cc1c(NC(=O)CN2CCCC(O)(COc3ccc(F)cc3)CC2)cnn1C. The fourth-order valence-corrected chi connectivity index (χ4v) is 3.30. The molecule has 1 atom stereocenters. The molecule has 0 bridgehead atoms. The summed E-state index contributed by atoms with van der Waals surface area (Å²) >= 11 is 0. The highest BCUT2D eigenvalue weighted by molar-refractivity contribution is 5.92. The maximum Gasteiger partial charge on any atom is 0.238 e. The zero-order chi connectivity index (χ0) is 20.1. The van der Waals surface area contributed by atoms with E-state index in [0.29, 0.717) is 30.8 Å². The highest BCUT2D eigenvalue weighted by Crippen LogP contribution is 2.24. The summed E-state index contributed by atoms with van der Waals surface area (Å²) in [6.07, 6.45) is 3.51. The molecule has 2 heterocycles. The fourth-order valence-electron chi connectivity index (χ4n) is 3.30. The topological polar surface area (TPSA) is 79.6 Å². The number of nitrogens with one attached hydrogen (secondary N) is 1. The monoisotopic (exact) mass is 390 g/mol. The Morgan fingerprint density at radius 1 is 1.32 bits per heavy atom. The molecular formula is C20H27FN4O3. The second-order valence-electron chi connectivity index (χ2n) is 7.41. The molecule has 1 amide bonds. The molecule has 0 radical (unpaired) electrons. The van der Waals surface area contributed by atoms with Crippen molar-refractivity contribution in [3.8, 4) is 5.75 Å². The summed E-state index contributed by atoms with van der Waals surface area (Å²) in [7, 11) is 1.83. The van der Waals surface area contributed by atoms with Gasteiger partial charge >= 0.3 is 0 Å². The zero-order valence-electron chi connectivity index (χ0n) is 16.3. The van der Waals surface area contributed by atoms with Gasteiger partial charge < -0.3 is 15.2 Å². The van der Waals surface area contributed by atoms with E-state index in [2.05, 4.69) is 10.4 Å². The largest absolute Gasteiger partial charge is 0.491 e. The number of likely N-dealkylation sites (tertiary alicyclic amines) is 1. The van der Waals surface area contributed by atoms with Crippen LogP contribution in [0, 0.1) is 12.7 Å². The van der Waals surface area contributed by atoms with Crippen molar-refractivity contribution in [2.24, 2.45) is 7.05 Å². The lowest BCUT2D eigenvalue weighted by atomic mass is 9.96. The highest BCUT2D eigenvalue weighted by atomic mass is 19.1. The minimum absolute atomic E-state index is 0.0934. The van der Waals surface area contributed by atoms with E-state index in [1.807, 2.05) is 18.9 Å². The van der Waals surface area contributed by atoms with Gasteiger partial charge in [-0.25, -0.2) is 4.39 Å². The first-order valence-electron chi connectivity index (χ1n) is 9.46. The third-order valence-electron chi connectivity index (χ3n) is 5.21. The molecule has 1 aliphatic heterocycles. The van der Waals surface area contributed by atoms with E-state index in [9.17, 15) is 14.3 Å². The van der Waals surface area contributed by atoms with Crippen molar-refractivity contribution in [3.63, 3.8) is 0 Å². The van der Waals surface area contributed by atoms with Crippen molar-refractivity contribution in [2.75, 3.05) is 31.6 Å². The number of aryl methyl sites for hydroxylation is 1. The molecule has 7 nitrogen and oxygen atoms in total. The number of aromatic nitrogens is 2. The van der Waals surface area contributed by atoms with E-state index >= 15 is 0 Å². The van der Waals surface area contributed by atoms with E-state index < -0.39 is 5.60 Å². The van der Waals surface area contributed by atoms with Crippen LogP contribution in [0.2, 0.25) is 0 Å². The van der Waals surface area contributed by atoms with Gasteiger partial charge in [0.15, 0.2) is 0 Å². The van der Waals surface area contributed by atoms with Crippen molar-refractivity contribution in [1.82, 2.24) is 14.7 Å². The summed E-state index contributed by atoms with van der Waals surface area (Å²) in [6.45, 7) is 3.65. The predicted molar refractivity (Wildman–Crippen MR) is 104 cm³/mol. The van der Waals surface area contributed by atoms with Crippen molar-refractivity contribution < 1.29 is 19.0 Å². The minimum Gasteiger partial charge on any atom is -0.491 e. The Hall–Kier alpha value is -2.45. The summed E-state index contributed by atoms with van der Waals surface area (Å²) in [5, 5.41) is 17.9. The number of rotatable bonds is 6. The van der Waals surface area contributed by atoms with Crippen LogP contribution in [0.5, 0.6) is 5.75 Å². The molecule has 1 aromatic heterocycles. The van der Waals surface area contributed by atoms with Gasteiger partial charge in [0.1, 0.15) is 18.2 Å². The Morgan fingerprint density at radius 3 is 2.75 bits per heavy atom. The quantitative estimate of drug-likeness (QED) is 0.790. The van der Waals surface area contributed by atoms with Gasteiger partial charge in [-0.15, -0.1) is 0 Å². The van der Waals surface area contributed by atoms with Gasteiger partial charge in [0.25, 0.3) is 0 Å². The number of hydrogen-bond donors (Lipinski definition) is 2. The lowest BCUT2D eigenvalue weighted by Gasteiger charge is -2.27. The lowest BCUT2D eigenvalue weighted by Crippen LogP contribution is -2.38. The molecule has 1 fully saturated rings. The first-order valence-corrected chi connectivity index (χ1v) is 9.46. The minimum atomic E-state index is -0.959. The van der Waals surface area contributed by atoms with Crippen molar-refractivity contribution >= 4 is 11.6 Å². The van der Waals surface area contributed by atoms with Crippen molar-refractivity contribution in [1.29, 1.82) is 0 Å². The van der Waals surface area contributed by atoms with Gasteiger partial charge in [0.2, 0.25) is 5.91 Å². The van der Waals surface area contributed by atoms with Crippen molar-refractivity contribution in [3.05, 3.63) is 42.0 Å². The van der Waals surface area contributed by atoms with Gasteiger partial charge in [-0.3, -0.25) is 14.4 Å². The van der Waals surface area contributed by atoms with Crippen molar-refractivity contribution in [2.45, 2.75) is 31.8 Å². The van der Waals surface area contributed by atoms with E-state index in [1.54, 1.807) is 23.0 Å². The number of amides is 1. The van der Waals surface area contributed by atoms with Gasteiger partial charge in [-0.2, -0.15) is 5.10 Å². The molecule has 1 saturated heterocycles. The molecule has 152 valence electrons. The van der Waals surface area contributed by atoms with Crippen LogP contribution in [0.25, 0.3) is 0 Å². The number of anilines is 1. The molecule has 28 heavy (non-hydrogen) atoms. The van der Waals surface area contributed by atoms with Gasteiger partial charge in [0, 0.05) is 13.6 Å². The average Bonchev–Trinajstić information content (AvgIpc) is 2.86. The number of nitrogens with zero attached hydrogens (tertiary/aromatic N) is 3. The lowest BCUT2D eigenvalue weighted by molar-refractivity contribution is -0.117. The predicted octanol–water partition coefficient (Wildman–Crippen LogP) is 2.10. The number of hydrogen-bond acceptors (Lipinski definition) is 5. The van der Waals surface area contributed by atoms with E-state index in [-0.39, 0.29) is 24.9 Å². The van der Waals surface area contributed by atoms with Gasteiger partial charge in [0.05, 0.1) is 29.7 Å². The summed E-state index contributed by atoms with van der Waals surface area (Å²) in [5.41, 5.74) is 0.655. The van der Waals surface area contributed by atoms with Crippen LogP contribution in [0.3, 0.4) is 0 Å². The number of ether oxygens (including phenoxy) is 1. The number of aliphatic hydroxyl groups is 1. The van der Waals surface area contributed by atoms with E-state index in [1.165, 1.54) is 12.1 Å². The van der Waals surface area contributed by atoms with E-state index in [0.717, 1.165) is 18.7 Å². The molecule has 0 spiro atoms. The molecule has 2 N–H and O–H groups in total. The zero-order valence-corrected chi connectivity index (χ0v) is 16.3. The van der Waals surface area contributed by atoms with Crippen LogP contribution in [0.4, 0.5) is 10.1 Å². The third kappa shape index (κ3) is 5.30. The Labute approximate surface area is 164 Å². The Morgan fingerprint density at radius 2 is 2.07 bits per heavy atom. The molecule has 8 heteroatoms. The summed E-state index contributed by atoms with van der Waals surface area (Å²) in [6, 6.07) is 5.76. The maximum absolute atomic E-state index is 13.0. The molecule has 0 saturated carbocycles. The number of carbonyl (C=O) groups excluding carboxylic acids is 1. The first-order chi connectivity index (χ1) is 13.3. The molecule has 1 aliphatic rings. The second-order valence-corrected chi connectivity index (χ2v) is 7.41. The molecule has 1 unspecified atom stereocenters. The van der Waals surface area contributed by atoms with Crippen LogP contribution >= 0.6 is 0 Å². The Kier molecular flexibility index (Phi) is 6.31. The van der Waals surface area contributed by atoms with Gasteiger partial charge in [-0.1, -0.05) is 0 Å². The molecule has 1 aromatic carbocycles. The summed E-state index contributed by atoms with van der Waals surface area (Å²) in [5.74, 6) is 0.113. The smallest absolute Gasteiger partial charge is 0.238 e. The fraction of sp³-hybridized carbons (Fsp3) is 0.500. The van der Waals surface area contributed by atoms with Crippen LogP contribution in [0.1, 0.15) is 25.0 Å². The maximum atomic E-state index is 13.0. The highest BCUT2D eigenvalue weighted by Gasteiger charge is 2.31. The summed E-state index contributed by atoms with van der Waals surface area (Å²) in [4.78, 5) is 14.4. The number of benzene rings is 1. The molecule has 3 rings (SSSR count). The second kappa shape index (κ2) is 8.70. The number of carbonyl (C=O) groups is 1.